The number of rotatable bonds is 4. The number of benzene rings is 1. The van der Waals surface area contributed by atoms with Gasteiger partial charge in [0.15, 0.2) is 0 Å². The largest absolute Gasteiger partial charge is 0.369 e. The third-order valence-electron chi connectivity index (χ3n) is 3.63. The zero-order chi connectivity index (χ0) is 15.6. The molecule has 1 fully saturated rings. The summed E-state index contributed by atoms with van der Waals surface area (Å²) in [6.45, 7) is 3.94. The van der Waals surface area contributed by atoms with E-state index >= 15 is 0 Å². The molecule has 0 aromatic heterocycles. The van der Waals surface area contributed by atoms with Crippen LogP contribution in [-0.4, -0.2) is 24.3 Å². The van der Waals surface area contributed by atoms with Crippen molar-refractivity contribution in [3.8, 4) is 0 Å². The number of nitrogens with one attached hydrogen (secondary N) is 1. The summed E-state index contributed by atoms with van der Waals surface area (Å²) in [7, 11) is 0. The summed E-state index contributed by atoms with van der Waals surface area (Å²) in [4.78, 5) is 36.3. The van der Waals surface area contributed by atoms with Crippen molar-refractivity contribution in [2.75, 3.05) is 16.8 Å². The molecule has 1 saturated heterocycles. The number of nitrogens with zero attached hydrogens (tertiary/aromatic N) is 1. The molecule has 1 aromatic rings. The minimum atomic E-state index is -0.459. The predicted molar refractivity (Wildman–Crippen MR) is 79.8 cm³/mol. The summed E-state index contributed by atoms with van der Waals surface area (Å²) in [6.07, 6.45) is 0.524. The second-order valence-corrected chi connectivity index (χ2v) is 5.21. The van der Waals surface area contributed by atoms with Crippen molar-refractivity contribution in [2.45, 2.75) is 26.7 Å². The number of hydrogen-bond donors (Lipinski definition) is 2. The van der Waals surface area contributed by atoms with Crippen LogP contribution in [0.4, 0.5) is 11.4 Å². The number of carbonyl (C=O) groups is 3. The van der Waals surface area contributed by atoms with Gasteiger partial charge in [-0.25, -0.2) is 0 Å². The third kappa shape index (κ3) is 3.21. The lowest BCUT2D eigenvalue weighted by atomic mass is 10.1. The molecule has 1 atom stereocenters. The summed E-state index contributed by atoms with van der Waals surface area (Å²) in [5, 5.41) is 2.76. The topological polar surface area (TPSA) is 92.5 Å². The van der Waals surface area contributed by atoms with Crippen LogP contribution in [0.3, 0.4) is 0 Å². The fourth-order valence-electron chi connectivity index (χ4n) is 2.36. The molecule has 112 valence electrons. The molecular weight excluding hydrogens is 270 g/mol. The number of nitrogens with two attached hydrogens (primary N) is 1. The van der Waals surface area contributed by atoms with Crippen LogP contribution in [0.15, 0.2) is 18.2 Å². The van der Waals surface area contributed by atoms with Crippen molar-refractivity contribution in [3.05, 3.63) is 23.8 Å². The monoisotopic (exact) mass is 289 g/mol. The van der Waals surface area contributed by atoms with Crippen LogP contribution < -0.4 is 16.0 Å². The maximum absolute atomic E-state index is 12.1. The number of carbonyl (C=O) groups excluding carboxylic acids is 3. The Morgan fingerprint density at radius 1 is 1.43 bits per heavy atom. The van der Waals surface area contributed by atoms with Gasteiger partial charge in [0.25, 0.3) is 0 Å². The second kappa shape index (κ2) is 5.95. The van der Waals surface area contributed by atoms with Crippen LogP contribution >= 0.6 is 0 Å². The fourth-order valence-corrected chi connectivity index (χ4v) is 2.36. The Hall–Kier alpha value is -2.37. The van der Waals surface area contributed by atoms with E-state index in [0.29, 0.717) is 24.3 Å². The average Bonchev–Trinajstić information content (AvgIpc) is 2.83. The molecule has 21 heavy (non-hydrogen) atoms. The molecule has 0 aliphatic carbocycles. The van der Waals surface area contributed by atoms with Crippen molar-refractivity contribution in [3.63, 3.8) is 0 Å². The highest BCUT2D eigenvalue weighted by Gasteiger charge is 2.34. The summed E-state index contributed by atoms with van der Waals surface area (Å²) in [5.74, 6) is -1.13. The van der Waals surface area contributed by atoms with Crippen LogP contribution in [0.2, 0.25) is 0 Å². The van der Waals surface area contributed by atoms with Gasteiger partial charge in [-0.2, -0.15) is 0 Å². The molecule has 0 radical (unpaired) electrons. The number of aryl methyl sites for hydroxylation is 1. The summed E-state index contributed by atoms with van der Waals surface area (Å²) < 4.78 is 0. The first-order valence-electron chi connectivity index (χ1n) is 6.92. The minimum absolute atomic E-state index is 0.0902. The van der Waals surface area contributed by atoms with Gasteiger partial charge in [-0.05, 0) is 24.6 Å². The van der Waals surface area contributed by atoms with Gasteiger partial charge in [0, 0.05) is 30.8 Å². The first kappa shape index (κ1) is 15.0. The molecule has 6 heteroatoms. The maximum Gasteiger partial charge on any atom is 0.227 e. The lowest BCUT2D eigenvalue weighted by Crippen LogP contribution is -2.29. The first-order chi connectivity index (χ1) is 9.92. The Balaban J connectivity index is 2.26. The van der Waals surface area contributed by atoms with Crippen molar-refractivity contribution in [1.82, 2.24) is 0 Å². The lowest BCUT2D eigenvalue weighted by Gasteiger charge is -2.20. The van der Waals surface area contributed by atoms with Crippen molar-refractivity contribution in [1.29, 1.82) is 0 Å². The molecule has 0 saturated carbocycles. The van der Waals surface area contributed by atoms with E-state index in [2.05, 4.69) is 5.32 Å². The van der Waals surface area contributed by atoms with E-state index in [-0.39, 0.29) is 18.2 Å². The van der Waals surface area contributed by atoms with Gasteiger partial charge in [0.2, 0.25) is 17.7 Å². The Morgan fingerprint density at radius 2 is 2.14 bits per heavy atom. The van der Waals surface area contributed by atoms with Crippen LogP contribution in [0, 0.1) is 12.8 Å². The zero-order valence-corrected chi connectivity index (χ0v) is 12.2. The van der Waals surface area contributed by atoms with Crippen LogP contribution in [-0.2, 0) is 14.4 Å². The maximum atomic E-state index is 12.1. The smallest absolute Gasteiger partial charge is 0.227 e. The van der Waals surface area contributed by atoms with Gasteiger partial charge in [0.1, 0.15) is 0 Å². The molecule has 0 bridgehead atoms. The number of primary amides is 1. The van der Waals surface area contributed by atoms with Gasteiger partial charge in [-0.1, -0.05) is 13.0 Å². The molecule has 0 spiro atoms. The molecule has 1 unspecified atom stereocenters. The molecule has 6 nitrogen and oxygen atoms in total. The number of amides is 3. The Kier molecular flexibility index (Phi) is 4.26. The van der Waals surface area contributed by atoms with Crippen LogP contribution in [0.1, 0.15) is 25.3 Å². The van der Waals surface area contributed by atoms with Crippen LogP contribution in [0.5, 0.6) is 0 Å². The van der Waals surface area contributed by atoms with E-state index in [9.17, 15) is 14.4 Å². The van der Waals surface area contributed by atoms with E-state index in [4.69, 9.17) is 5.73 Å². The molecule has 3 amide bonds. The van der Waals surface area contributed by atoms with E-state index in [1.54, 1.807) is 24.0 Å². The van der Waals surface area contributed by atoms with E-state index in [1.807, 2.05) is 13.0 Å². The molecule has 3 N–H and O–H groups in total. The van der Waals surface area contributed by atoms with E-state index < -0.39 is 11.8 Å². The molecule has 1 aromatic carbocycles. The highest BCUT2D eigenvalue weighted by molar-refractivity contribution is 6.01. The van der Waals surface area contributed by atoms with Gasteiger partial charge in [-0.15, -0.1) is 0 Å². The number of hydrogen-bond acceptors (Lipinski definition) is 3. The Morgan fingerprint density at radius 3 is 2.71 bits per heavy atom. The van der Waals surface area contributed by atoms with Crippen molar-refractivity contribution in [2.24, 2.45) is 11.7 Å². The van der Waals surface area contributed by atoms with E-state index in [1.165, 1.54) is 0 Å². The van der Waals surface area contributed by atoms with Gasteiger partial charge in [0.05, 0.1) is 5.92 Å². The number of anilines is 2. The average molecular weight is 289 g/mol. The molecule has 1 aliphatic heterocycles. The van der Waals surface area contributed by atoms with Gasteiger partial charge >= 0.3 is 0 Å². The highest BCUT2D eigenvalue weighted by atomic mass is 16.2. The molecular formula is C15H19N3O3. The first-order valence-corrected chi connectivity index (χ1v) is 6.92. The highest BCUT2D eigenvalue weighted by Crippen LogP contribution is 2.30. The SMILES string of the molecule is CCC(=O)Nc1ccc(C)c(N2CC(C(N)=O)CC2=O)c1. The van der Waals surface area contributed by atoms with Crippen molar-refractivity contribution >= 4 is 29.1 Å². The Bertz CT molecular complexity index is 598. The summed E-state index contributed by atoms with van der Waals surface area (Å²) in [5.41, 5.74) is 7.53. The van der Waals surface area contributed by atoms with Crippen molar-refractivity contribution < 1.29 is 14.4 Å². The zero-order valence-electron chi connectivity index (χ0n) is 12.2. The third-order valence-corrected chi connectivity index (χ3v) is 3.63. The standard InChI is InChI=1S/C15H19N3O3/c1-3-13(19)17-11-5-4-9(2)12(7-11)18-8-10(15(16)21)6-14(18)20/h4-5,7,10H,3,6,8H2,1-2H3,(H2,16,21)(H,17,19). The van der Waals surface area contributed by atoms with Gasteiger partial charge < -0.3 is 16.0 Å². The summed E-state index contributed by atoms with van der Waals surface area (Å²) >= 11 is 0. The second-order valence-electron chi connectivity index (χ2n) is 5.21. The normalized spacial score (nSPS) is 17.9. The van der Waals surface area contributed by atoms with Gasteiger partial charge in [-0.3, -0.25) is 14.4 Å². The molecule has 1 aliphatic rings. The quantitative estimate of drug-likeness (QED) is 0.871. The minimum Gasteiger partial charge on any atom is -0.369 e. The fraction of sp³-hybridized carbons (Fsp3) is 0.400. The Labute approximate surface area is 123 Å². The van der Waals surface area contributed by atoms with E-state index in [0.717, 1.165) is 5.56 Å². The van der Waals surface area contributed by atoms with Crippen LogP contribution in [0.25, 0.3) is 0 Å². The summed E-state index contributed by atoms with van der Waals surface area (Å²) in [6, 6.07) is 5.38. The molecule has 2 rings (SSSR count). The lowest BCUT2D eigenvalue weighted by molar-refractivity contribution is -0.123. The molecule has 1 heterocycles. The predicted octanol–water partition coefficient (Wildman–Crippen LogP) is 1.18.